The molecule has 0 radical (unpaired) electrons. The first-order valence-electron chi connectivity index (χ1n) is 5.45. The molecule has 0 aromatic carbocycles. The number of hydrogen-bond acceptors (Lipinski definition) is 1. The van der Waals surface area contributed by atoms with Gasteiger partial charge in [-0.25, -0.2) is 0 Å². The summed E-state index contributed by atoms with van der Waals surface area (Å²) < 4.78 is 0. The molecule has 0 bridgehead atoms. The van der Waals surface area contributed by atoms with Gasteiger partial charge in [-0.2, -0.15) is 0 Å². The average Bonchev–Trinajstić information content (AvgIpc) is 2.55. The van der Waals surface area contributed by atoms with Gasteiger partial charge in [-0.3, -0.25) is 0 Å². The Labute approximate surface area is 75.9 Å². The van der Waals surface area contributed by atoms with Crippen LogP contribution in [-0.4, -0.2) is 12.1 Å². The van der Waals surface area contributed by atoms with Crippen LogP contribution in [0.15, 0.2) is 0 Å². The van der Waals surface area contributed by atoms with E-state index in [1.54, 1.807) is 0 Å². The van der Waals surface area contributed by atoms with Gasteiger partial charge in [0.15, 0.2) is 0 Å². The fraction of sp³-hybridized carbons (Fsp3) is 1.00. The Morgan fingerprint density at radius 2 is 1.75 bits per heavy atom. The second-order valence-electron chi connectivity index (χ2n) is 5.09. The quantitative estimate of drug-likeness (QED) is 0.633. The smallest absolute Gasteiger partial charge is 0.0156 e. The van der Waals surface area contributed by atoms with Crippen molar-refractivity contribution >= 4 is 0 Å². The summed E-state index contributed by atoms with van der Waals surface area (Å²) in [7, 11) is 0. The number of nitrogens with one attached hydrogen (secondary N) is 1. The molecule has 1 N–H and O–H groups in total. The van der Waals surface area contributed by atoms with Crippen molar-refractivity contribution in [2.24, 2.45) is 11.8 Å². The van der Waals surface area contributed by atoms with E-state index in [-0.39, 0.29) is 0 Å². The van der Waals surface area contributed by atoms with Gasteiger partial charge in [-0.15, -0.1) is 0 Å². The highest BCUT2D eigenvalue weighted by Gasteiger charge is 2.39. The standard InChI is InChI=1S/C11H21N/c1-11(2)10(7-8-12-11)9-5-3-4-6-9/h9-10,12H,3-8H2,1-2H3. The highest BCUT2D eigenvalue weighted by atomic mass is 15.0. The topological polar surface area (TPSA) is 12.0 Å². The van der Waals surface area contributed by atoms with Crippen molar-refractivity contribution in [1.82, 2.24) is 5.32 Å². The maximum absolute atomic E-state index is 3.62. The van der Waals surface area contributed by atoms with Crippen LogP contribution in [0.5, 0.6) is 0 Å². The first-order chi connectivity index (χ1) is 5.70. The summed E-state index contributed by atoms with van der Waals surface area (Å²) in [5, 5.41) is 3.62. The molecule has 0 aromatic rings. The Hall–Kier alpha value is -0.0400. The third-order valence-corrected chi connectivity index (χ3v) is 3.93. The van der Waals surface area contributed by atoms with Crippen molar-refractivity contribution in [1.29, 1.82) is 0 Å². The Bertz CT molecular complexity index is 156. The molecule has 2 fully saturated rings. The molecule has 1 heteroatoms. The molecule has 1 saturated heterocycles. The van der Waals surface area contributed by atoms with Crippen molar-refractivity contribution in [2.75, 3.05) is 6.54 Å². The molecule has 1 atom stereocenters. The molecule has 0 spiro atoms. The van der Waals surface area contributed by atoms with Crippen LogP contribution in [0.25, 0.3) is 0 Å². The van der Waals surface area contributed by atoms with E-state index in [9.17, 15) is 0 Å². The summed E-state index contributed by atoms with van der Waals surface area (Å²) in [6, 6.07) is 0. The fourth-order valence-electron chi connectivity index (χ4n) is 3.23. The minimum absolute atomic E-state index is 0.426. The van der Waals surface area contributed by atoms with Gasteiger partial charge in [0.1, 0.15) is 0 Å². The molecule has 0 amide bonds. The second-order valence-corrected chi connectivity index (χ2v) is 5.09. The molecule has 1 nitrogen and oxygen atoms in total. The zero-order valence-electron chi connectivity index (χ0n) is 8.40. The first-order valence-corrected chi connectivity index (χ1v) is 5.45. The summed E-state index contributed by atoms with van der Waals surface area (Å²) in [6.07, 6.45) is 7.37. The lowest BCUT2D eigenvalue weighted by molar-refractivity contribution is 0.236. The maximum Gasteiger partial charge on any atom is 0.0156 e. The first kappa shape index (κ1) is 8.55. The van der Waals surface area contributed by atoms with Gasteiger partial charge >= 0.3 is 0 Å². The molecule has 1 aliphatic carbocycles. The normalized spacial score (nSPS) is 36.0. The van der Waals surface area contributed by atoms with Crippen LogP contribution in [0.3, 0.4) is 0 Å². The maximum atomic E-state index is 3.62. The van der Waals surface area contributed by atoms with E-state index < -0.39 is 0 Å². The SMILES string of the molecule is CC1(C)NCCC1C1CCCC1. The van der Waals surface area contributed by atoms with E-state index in [0.717, 1.165) is 11.8 Å². The van der Waals surface area contributed by atoms with Crippen molar-refractivity contribution in [3.63, 3.8) is 0 Å². The third-order valence-electron chi connectivity index (χ3n) is 3.93. The van der Waals surface area contributed by atoms with E-state index >= 15 is 0 Å². The van der Waals surface area contributed by atoms with Gasteiger partial charge in [-0.05, 0) is 38.6 Å². The van der Waals surface area contributed by atoms with E-state index in [4.69, 9.17) is 0 Å². The van der Waals surface area contributed by atoms with Crippen molar-refractivity contribution in [3.8, 4) is 0 Å². The highest BCUT2D eigenvalue weighted by molar-refractivity contribution is 4.96. The Morgan fingerprint density at radius 1 is 1.08 bits per heavy atom. The Morgan fingerprint density at radius 3 is 2.25 bits per heavy atom. The predicted molar refractivity (Wildman–Crippen MR) is 52.1 cm³/mol. The molecule has 2 aliphatic rings. The van der Waals surface area contributed by atoms with Crippen molar-refractivity contribution in [2.45, 2.75) is 51.5 Å². The van der Waals surface area contributed by atoms with E-state index in [0.29, 0.717) is 5.54 Å². The van der Waals surface area contributed by atoms with Gasteiger partial charge in [0.05, 0.1) is 0 Å². The van der Waals surface area contributed by atoms with Crippen LogP contribution in [0.2, 0.25) is 0 Å². The number of rotatable bonds is 1. The summed E-state index contributed by atoms with van der Waals surface area (Å²) in [5.41, 5.74) is 0.426. The Kier molecular flexibility index (Phi) is 2.16. The highest BCUT2D eigenvalue weighted by Crippen LogP contribution is 2.40. The molecular weight excluding hydrogens is 146 g/mol. The lowest BCUT2D eigenvalue weighted by atomic mass is 9.78. The fourth-order valence-corrected chi connectivity index (χ4v) is 3.23. The minimum Gasteiger partial charge on any atom is -0.311 e. The molecule has 1 heterocycles. The lowest BCUT2D eigenvalue weighted by Gasteiger charge is -2.31. The van der Waals surface area contributed by atoms with Crippen LogP contribution in [-0.2, 0) is 0 Å². The van der Waals surface area contributed by atoms with Gasteiger partial charge in [-0.1, -0.05) is 25.7 Å². The lowest BCUT2D eigenvalue weighted by Crippen LogP contribution is -2.40. The van der Waals surface area contributed by atoms with E-state index in [1.165, 1.54) is 38.6 Å². The van der Waals surface area contributed by atoms with Crippen LogP contribution < -0.4 is 5.32 Å². The van der Waals surface area contributed by atoms with Crippen LogP contribution in [0.1, 0.15) is 46.0 Å². The number of hydrogen-bond donors (Lipinski definition) is 1. The van der Waals surface area contributed by atoms with Gasteiger partial charge in [0, 0.05) is 5.54 Å². The summed E-state index contributed by atoms with van der Waals surface area (Å²) in [4.78, 5) is 0. The van der Waals surface area contributed by atoms with Gasteiger partial charge in [0.25, 0.3) is 0 Å². The van der Waals surface area contributed by atoms with Gasteiger partial charge in [0.2, 0.25) is 0 Å². The van der Waals surface area contributed by atoms with Crippen LogP contribution >= 0.6 is 0 Å². The van der Waals surface area contributed by atoms with Crippen molar-refractivity contribution in [3.05, 3.63) is 0 Å². The van der Waals surface area contributed by atoms with E-state index in [1.807, 2.05) is 0 Å². The largest absolute Gasteiger partial charge is 0.311 e. The average molecular weight is 167 g/mol. The van der Waals surface area contributed by atoms with Gasteiger partial charge < -0.3 is 5.32 Å². The summed E-state index contributed by atoms with van der Waals surface area (Å²) >= 11 is 0. The molecule has 12 heavy (non-hydrogen) atoms. The van der Waals surface area contributed by atoms with Crippen LogP contribution in [0.4, 0.5) is 0 Å². The molecular formula is C11H21N. The Balaban J connectivity index is 2.02. The molecule has 1 unspecified atom stereocenters. The van der Waals surface area contributed by atoms with Crippen molar-refractivity contribution < 1.29 is 0 Å². The van der Waals surface area contributed by atoms with Crippen LogP contribution in [0, 0.1) is 11.8 Å². The zero-order valence-corrected chi connectivity index (χ0v) is 8.40. The molecule has 0 aromatic heterocycles. The predicted octanol–water partition coefficient (Wildman–Crippen LogP) is 2.56. The zero-order chi connectivity index (χ0) is 8.60. The third kappa shape index (κ3) is 1.39. The summed E-state index contributed by atoms with van der Waals surface area (Å²) in [5.74, 6) is 2.00. The molecule has 1 aliphatic heterocycles. The monoisotopic (exact) mass is 167 g/mol. The molecule has 2 rings (SSSR count). The minimum atomic E-state index is 0.426. The molecule has 1 saturated carbocycles. The second kappa shape index (κ2) is 3.02. The van der Waals surface area contributed by atoms with E-state index in [2.05, 4.69) is 19.2 Å². The molecule has 70 valence electrons. The summed E-state index contributed by atoms with van der Waals surface area (Å²) in [6.45, 7) is 6.00.